The summed E-state index contributed by atoms with van der Waals surface area (Å²) in [5.41, 5.74) is 9.35. The second-order valence-corrected chi connectivity index (χ2v) is 20.9. The number of nitrogens with one attached hydrogen (secondary N) is 10. The molecule has 0 fully saturated rings. The Bertz CT molecular complexity index is 4070. The fourth-order valence-corrected chi connectivity index (χ4v) is 11.1. The van der Waals surface area contributed by atoms with Crippen LogP contribution in [0.2, 0.25) is 0 Å². The molecule has 10 N–H and O–H groups in total. The fraction of sp³-hybridized carbons (Fsp3) is 0.133. The quantitative estimate of drug-likeness (QED) is 0.0634. The van der Waals surface area contributed by atoms with Gasteiger partial charge in [-0.15, -0.1) is 0 Å². The van der Waals surface area contributed by atoms with Crippen molar-refractivity contribution in [3.05, 3.63) is 226 Å². The van der Waals surface area contributed by atoms with Crippen LogP contribution in [-0.4, -0.2) is 83.6 Å². The van der Waals surface area contributed by atoms with Crippen molar-refractivity contribution < 1.29 is 39.0 Å². The van der Waals surface area contributed by atoms with Crippen molar-refractivity contribution in [3.8, 4) is 0 Å². The van der Waals surface area contributed by atoms with Crippen LogP contribution in [0.25, 0.3) is 54.8 Å². The molecular weight excluding hydrogens is 1190 g/mol. The van der Waals surface area contributed by atoms with E-state index >= 15 is 0 Å². The van der Waals surface area contributed by atoms with Crippen LogP contribution in [0, 0.1) is 27.7 Å². The Morgan fingerprint density at radius 1 is 0.384 bits per heavy atom. The summed E-state index contributed by atoms with van der Waals surface area (Å²) in [7, 11) is 0. The zero-order valence-electron chi connectivity index (χ0n) is 46.8. The maximum Gasteiger partial charge on any atom is 0.208 e. The zero-order valence-corrected chi connectivity index (χ0v) is 52.8. The molecule has 0 aliphatic carbocycles. The van der Waals surface area contributed by atoms with Gasteiger partial charge in [-0.2, -0.15) is 0 Å². The molecule has 4 aliphatic heterocycles. The first-order valence-electron chi connectivity index (χ1n) is 27.0. The van der Waals surface area contributed by atoms with Gasteiger partial charge in [0.15, 0.2) is 22.7 Å². The van der Waals surface area contributed by atoms with Crippen LogP contribution in [0.4, 0.5) is 23.8 Å². The molecule has 416 valence electrons. The fourth-order valence-electron chi connectivity index (χ4n) is 11.1. The average Bonchev–Trinajstić information content (AvgIpc) is 1.58. The van der Waals surface area contributed by atoms with Gasteiger partial charge in [0, 0.05) is 99.2 Å². The van der Waals surface area contributed by atoms with Gasteiger partial charge in [0.2, 0.25) is 23.8 Å². The molecule has 0 amide bonds. The van der Waals surface area contributed by atoms with E-state index in [1.54, 1.807) is 37.2 Å². The normalized spacial score (nSPS) is 20.5. The Balaban J connectivity index is 0.000000156. The second-order valence-electron chi connectivity index (χ2n) is 20.9. The van der Waals surface area contributed by atoms with Crippen LogP contribution in [0.15, 0.2) is 191 Å². The summed E-state index contributed by atoms with van der Waals surface area (Å²) in [4.78, 5) is 70.8. The van der Waals surface area contributed by atoms with E-state index in [0.717, 1.165) is 77.5 Å². The number of H-pyrrole nitrogens is 4. The molecule has 0 bridgehead atoms. The molecule has 0 radical (unpaired) electrons. The summed E-state index contributed by atoms with van der Waals surface area (Å²) in [6, 6.07) is 43.2. The Labute approximate surface area is 515 Å². The number of pyridine rings is 4. The minimum Gasteiger partial charge on any atom is -0.383 e. The molecule has 0 saturated heterocycles. The van der Waals surface area contributed by atoms with Gasteiger partial charge in [-0.25, -0.2) is 29.9 Å². The molecule has 4 aliphatic rings. The number of aromatic nitrogens is 12. The van der Waals surface area contributed by atoms with Crippen molar-refractivity contribution >= 4 is 91.8 Å². The molecule has 0 spiro atoms. The number of imidazole rings is 4. The summed E-state index contributed by atoms with van der Waals surface area (Å²) < 4.78 is 0. The maximum atomic E-state index is 5.13. The summed E-state index contributed by atoms with van der Waals surface area (Å²) >= 11 is 0. The van der Waals surface area contributed by atoms with Crippen molar-refractivity contribution in [1.82, 2.24) is 70.4 Å². The van der Waals surface area contributed by atoms with Crippen molar-refractivity contribution in [3.63, 3.8) is 0 Å². The number of rotatable bonds is 8. The smallest absolute Gasteiger partial charge is 0.208 e. The van der Waals surface area contributed by atoms with Crippen molar-refractivity contribution in [1.29, 1.82) is 0 Å². The average molecular weight is 1240 g/mol. The first kappa shape index (κ1) is 54.9. The first-order valence-corrected chi connectivity index (χ1v) is 27.0. The Hall–Kier alpha value is -10.3. The molecule has 12 aromatic rings. The third kappa shape index (κ3) is 9.38. The Morgan fingerprint density at radius 3 is 1.07 bits per heavy atom. The zero-order chi connectivity index (χ0) is 56.6. The van der Waals surface area contributed by atoms with Gasteiger partial charge in [0.25, 0.3) is 0 Å². The summed E-state index contributed by atoms with van der Waals surface area (Å²) in [5.74, 6) is 3.69. The number of benzene rings is 4. The second kappa shape index (κ2) is 21.4. The number of aromatic amines is 4. The summed E-state index contributed by atoms with van der Waals surface area (Å²) in [6.07, 6.45) is 10.4. The number of fused-ring (bicyclic) bond motifs is 6. The molecule has 24 nitrogen and oxygen atoms in total. The van der Waals surface area contributed by atoms with Crippen LogP contribution >= 0.6 is 0 Å². The first-order chi connectivity index (χ1) is 41.0. The molecule has 86 heavy (non-hydrogen) atoms. The number of hydrogen-bond donors (Lipinski definition) is 10. The molecular formula is C60H50N24Zn2-2. The number of anilines is 4. The van der Waals surface area contributed by atoms with E-state index in [2.05, 4.69) is 83.9 Å². The van der Waals surface area contributed by atoms with Crippen LogP contribution in [0.1, 0.15) is 44.8 Å². The van der Waals surface area contributed by atoms with E-state index in [1.165, 1.54) is 0 Å². The van der Waals surface area contributed by atoms with Crippen LogP contribution in [0.3, 0.4) is 0 Å². The van der Waals surface area contributed by atoms with Crippen molar-refractivity contribution in [2.24, 2.45) is 20.0 Å². The van der Waals surface area contributed by atoms with E-state index in [4.69, 9.17) is 50.5 Å². The Morgan fingerprint density at radius 2 is 0.744 bits per heavy atom. The maximum absolute atomic E-state index is 5.13. The van der Waals surface area contributed by atoms with Gasteiger partial charge in [-0.05, 0) is 135 Å². The van der Waals surface area contributed by atoms with Gasteiger partial charge in [0.1, 0.15) is 11.9 Å². The topological polar surface area (TPSA) is 316 Å². The molecule has 4 aromatic carbocycles. The molecule has 16 rings (SSSR count). The van der Waals surface area contributed by atoms with E-state index in [1.807, 2.05) is 149 Å². The van der Waals surface area contributed by atoms with Crippen molar-refractivity contribution in [2.75, 3.05) is 21.3 Å². The van der Waals surface area contributed by atoms with E-state index in [-0.39, 0.29) is 39.0 Å². The van der Waals surface area contributed by atoms with E-state index in [0.29, 0.717) is 59.0 Å². The third-order valence-corrected chi connectivity index (χ3v) is 14.9. The largest absolute Gasteiger partial charge is 0.383 e. The molecule has 8 aromatic heterocycles. The predicted molar refractivity (Wildman–Crippen MR) is 324 cm³/mol. The van der Waals surface area contributed by atoms with Gasteiger partial charge in [-0.1, -0.05) is 48.5 Å². The van der Waals surface area contributed by atoms with Gasteiger partial charge in [-0.3, -0.25) is 30.6 Å². The molecule has 0 unspecified atom stereocenters. The van der Waals surface area contributed by atoms with Gasteiger partial charge in [0.05, 0.1) is 55.5 Å². The molecule has 0 saturated carbocycles. The third-order valence-electron chi connectivity index (χ3n) is 14.9. The minimum absolute atomic E-state index is 0. The standard InChI is InChI=1S/2C30H25N12.2Zn/c2*1-17-8-10-20-22(14-17)35-25(33-20)37-27-39-29(19-6-5-12-31-16-19)30(41-27,24-7-3-4-13-32-24)42-28(40-29)38-26-34-21-11-9-18(2)15-23(21)36-26;;/h2*3-16H,1-2H3,(H5-,33,34,35,36,37,38,39,40,41,42);;/q2*-1;;/t2*29-,30+;;. The molecule has 26 heteroatoms. The number of aryl methyl sites for hydroxylation is 4. The van der Waals surface area contributed by atoms with E-state index in [9.17, 15) is 0 Å². The number of nitrogens with zero attached hydrogens (tertiary/aromatic N) is 14. The number of aliphatic imine (C=N–C) groups is 4. The monoisotopic (exact) mass is 1230 g/mol. The van der Waals surface area contributed by atoms with Crippen LogP contribution in [-0.2, 0) is 61.6 Å². The molecule has 12 heterocycles. The van der Waals surface area contributed by atoms with Gasteiger partial charge < -0.3 is 61.8 Å². The Kier molecular flexibility index (Phi) is 13.7. The van der Waals surface area contributed by atoms with E-state index < -0.39 is 22.7 Å². The predicted octanol–water partition coefficient (Wildman–Crippen LogP) is 9.55. The number of guanidine groups is 4. The van der Waals surface area contributed by atoms with Crippen LogP contribution < -0.4 is 31.9 Å². The molecule has 4 atom stereocenters. The van der Waals surface area contributed by atoms with Crippen molar-refractivity contribution in [2.45, 2.75) is 50.3 Å². The summed E-state index contributed by atoms with van der Waals surface area (Å²) in [5, 5.41) is 30.4. The van der Waals surface area contributed by atoms with Crippen LogP contribution in [0.5, 0.6) is 0 Å². The SMILES string of the molecule is Cc1ccc2nc(NC3=N[C@]4(c5ccccn5)NC(Nc5nc6ccc(C)cc6[nH]5)=N[C@]4(c4cccnc4)[N-]3)[nH]c2c1.Cc1ccc2nc(NC3=N[C@]4(c5ccccn5)NC(Nc5nc6ccc(C)cc6[nH]5)=N[C@]4(c4cccnc4)[N-]3)[nH]c2c1.[Zn].[Zn]. The minimum atomic E-state index is -1.27. The van der Waals surface area contributed by atoms with Gasteiger partial charge >= 0.3 is 0 Å². The summed E-state index contributed by atoms with van der Waals surface area (Å²) in [6.45, 7) is 8.17. The number of hydrogen-bond acceptors (Lipinski definition) is 18.